The summed E-state index contributed by atoms with van der Waals surface area (Å²) in [5, 5.41) is 11.9. The van der Waals surface area contributed by atoms with Gasteiger partial charge in [-0.1, -0.05) is 13.3 Å². The average Bonchev–Trinajstić information content (AvgIpc) is 1.98. The van der Waals surface area contributed by atoms with E-state index in [9.17, 15) is 0 Å². The van der Waals surface area contributed by atoms with E-state index in [2.05, 4.69) is 25.2 Å². The molecule has 1 unspecified atom stereocenters. The van der Waals surface area contributed by atoms with Crippen LogP contribution in [0.25, 0.3) is 0 Å². The van der Waals surface area contributed by atoms with Gasteiger partial charge in [-0.2, -0.15) is 5.26 Å². The van der Waals surface area contributed by atoms with Crippen molar-refractivity contribution in [1.82, 2.24) is 5.32 Å². The van der Waals surface area contributed by atoms with Gasteiger partial charge in [0.1, 0.15) is 0 Å². The van der Waals surface area contributed by atoms with Crippen LogP contribution in [-0.2, 0) is 0 Å². The van der Waals surface area contributed by atoms with E-state index in [0.717, 1.165) is 6.54 Å². The van der Waals surface area contributed by atoms with Crippen molar-refractivity contribution in [2.45, 2.75) is 45.6 Å². The van der Waals surface area contributed by atoms with Crippen LogP contribution in [-0.4, -0.2) is 12.6 Å². The summed E-state index contributed by atoms with van der Waals surface area (Å²) < 4.78 is 0. The van der Waals surface area contributed by atoms with E-state index in [4.69, 9.17) is 5.26 Å². The molecule has 2 heteroatoms. The Morgan fingerprint density at radius 1 is 1.58 bits per heavy atom. The molecule has 1 saturated carbocycles. The Hall–Kier alpha value is -0.550. The van der Waals surface area contributed by atoms with E-state index in [1.165, 1.54) is 19.3 Å². The zero-order valence-electron chi connectivity index (χ0n) is 8.06. The molecule has 1 fully saturated rings. The van der Waals surface area contributed by atoms with Crippen molar-refractivity contribution in [3.8, 4) is 6.07 Å². The lowest BCUT2D eigenvalue weighted by Gasteiger charge is -2.39. The van der Waals surface area contributed by atoms with Gasteiger partial charge in [0.05, 0.1) is 12.5 Å². The lowest BCUT2D eigenvalue weighted by atomic mass is 9.70. The van der Waals surface area contributed by atoms with Crippen molar-refractivity contribution in [1.29, 1.82) is 5.26 Å². The van der Waals surface area contributed by atoms with Crippen molar-refractivity contribution >= 4 is 0 Å². The molecule has 1 atom stereocenters. The molecule has 68 valence electrons. The van der Waals surface area contributed by atoms with Crippen LogP contribution in [0.2, 0.25) is 0 Å². The van der Waals surface area contributed by atoms with Gasteiger partial charge < -0.3 is 5.32 Å². The Kier molecular flexibility index (Phi) is 3.11. The first kappa shape index (κ1) is 9.54. The highest BCUT2D eigenvalue weighted by molar-refractivity contribution is 4.87. The average molecular weight is 166 g/mol. The highest BCUT2D eigenvalue weighted by Crippen LogP contribution is 2.39. The number of nitrogens with zero attached hydrogens (tertiary/aromatic N) is 1. The third-order valence-electron chi connectivity index (χ3n) is 2.84. The second kappa shape index (κ2) is 3.91. The van der Waals surface area contributed by atoms with Crippen LogP contribution in [0.4, 0.5) is 0 Å². The predicted octanol–water partition coefficient (Wildman–Crippen LogP) is 2.07. The van der Waals surface area contributed by atoms with Gasteiger partial charge in [-0.05, 0) is 25.2 Å². The molecule has 1 rings (SSSR count). The number of nitrogens with one attached hydrogen (secondary N) is 1. The van der Waals surface area contributed by atoms with Crippen molar-refractivity contribution < 1.29 is 0 Å². The predicted molar refractivity (Wildman–Crippen MR) is 49.7 cm³/mol. The molecule has 0 amide bonds. The number of hydrogen-bond acceptors (Lipinski definition) is 2. The van der Waals surface area contributed by atoms with Crippen molar-refractivity contribution in [3.05, 3.63) is 0 Å². The summed E-state index contributed by atoms with van der Waals surface area (Å²) in [5.74, 6) is 0. The van der Waals surface area contributed by atoms with E-state index in [-0.39, 0.29) is 0 Å². The van der Waals surface area contributed by atoms with Gasteiger partial charge in [-0.3, -0.25) is 0 Å². The minimum atomic E-state index is 0.354. The minimum Gasteiger partial charge on any atom is -0.313 e. The summed E-state index contributed by atoms with van der Waals surface area (Å²) in [6.07, 6.45) is 4.69. The molecular formula is C10H18N2. The van der Waals surface area contributed by atoms with Crippen LogP contribution in [0, 0.1) is 16.7 Å². The summed E-state index contributed by atoms with van der Waals surface area (Å²) in [4.78, 5) is 0. The number of rotatable bonds is 4. The van der Waals surface area contributed by atoms with Crippen LogP contribution in [0.15, 0.2) is 0 Å². The van der Waals surface area contributed by atoms with Gasteiger partial charge >= 0.3 is 0 Å². The molecular weight excluding hydrogens is 148 g/mol. The Morgan fingerprint density at radius 3 is 2.67 bits per heavy atom. The van der Waals surface area contributed by atoms with E-state index in [0.29, 0.717) is 17.9 Å². The second-order valence-electron chi connectivity index (χ2n) is 4.31. The minimum absolute atomic E-state index is 0.354. The fraction of sp³-hybridized carbons (Fsp3) is 0.900. The summed E-state index contributed by atoms with van der Waals surface area (Å²) >= 11 is 0. The van der Waals surface area contributed by atoms with Crippen LogP contribution < -0.4 is 5.32 Å². The fourth-order valence-electron chi connectivity index (χ4n) is 1.59. The third kappa shape index (κ3) is 2.49. The van der Waals surface area contributed by atoms with E-state index < -0.39 is 0 Å². The third-order valence-corrected chi connectivity index (χ3v) is 2.84. The van der Waals surface area contributed by atoms with Gasteiger partial charge in [0, 0.05) is 12.6 Å². The normalized spacial score (nSPS) is 22.4. The van der Waals surface area contributed by atoms with Crippen LogP contribution in [0.1, 0.15) is 39.5 Å². The second-order valence-corrected chi connectivity index (χ2v) is 4.31. The number of nitriles is 1. The van der Waals surface area contributed by atoms with Crippen LogP contribution >= 0.6 is 0 Å². The first-order chi connectivity index (χ1) is 5.66. The lowest BCUT2D eigenvalue weighted by molar-refractivity contribution is 0.152. The van der Waals surface area contributed by atoms with Gasteiger partial charge in [-0.25, -0.2) is 0 Å². The first-order valence-corrected chi connectivity index (χ1v) is 4.77. The van der Waals surface area contributed by atoms with E-state index in [1.807, 2.05) is 0 Å². The standard InChI is InChI=1S/C10H18N2/c1-9(4-7-11)12-8-10(2)5-3-6-10/h9,12H,3-6,8H2,1-2H3. The smallest absolute Gasteiger partial charge is 0.0638 e. The maximum Gasteiger partial charge on any atom is 0.0638 e. The molecule has 1 aliphatic rings. The molecule has 0 heterocycles. The largest absolute Gasteiger partial charge is 0.313 e. The van der Waals surface area contributed by atoms with Crippen molar-refractivity contribution in [3.63, 3.8) is 0 Å². The van der Waals surface area contributed by atoms with Crippen molar-refractivity contribution in [2.24, 2.45) is 5.41 Å². The molecule has 0 radical (unpaired) electrons. The lowest BCUT2D eigenvalue weighted by Crippen LogP contribution is -2.40. The summed E-state index contributed by atoms with van der Waals surface area (Å²) in [7, 11) is 0. The van der Waals surface area contributed by atoms with Gasteiger partial charge in [0.2, 0.25) is 0 Å². The first-order valence-electron chi connectivity index (χ1n) is 4.77. The molecule has 1 aliphatic carbocycles. The molecule has 0 bridgehead atoms. The SMILES string of the molecule is CC(CC#N)NCC1(C)CCC1. The fourth-order valence-corrected chi connectivity index (χ4v) is 1.59. The Morgan fingerprint density at radius 2 is 2.25 bits per heavy atom. The Bertz CT molecular complexity index is 177. The maximum atomic E-state index is 8.45. The van der Waals surface area contributed by atoms with E-state index >= 15 is 0 Å². The summed E-state index contributed by atoms with van der Waals surface area (Å²) in [5.41, 5.74) is 0.531. The molecule has 0 aromatic heterocycles. The molecule has 0 saturated heterocycles. The monoisotopic (exact) mass is 166 g/mol. The molecule has 0 aromatic carbocycles. The van der Waals surface area contributed by atoms with Crippen LogP contribution in [0.3, 0.4) is 0 Å². The molecule has 2 nitrogen and oxygen atoms in total. The zero-order valence-corrected chi connectivity index (χ0v) is 8.06. The Labute approximate surface area is 75.0 Å². The van der Waals surface area contributed by atoms with Gasteiger partial charge in [0.25, 0.3) is 0 Å². The molecule has 0 spiro atoms. The van der Waals surface area contributed by atoms with Gasteiger partial charge in [-0.15, -0.1) is 0 Å². The molecule has 0 aromatic rings. The summed E-state index contributed by atoms with van der Waals surface area (Å²) in [6, 6.07) is 2.53. The van der Waals surface area contributed by atoms with E-state index in [1.54, 1.807) is 0 Å². The summed E-state index contributed by atoms with van der Waals surface area (Å²) in [6.45, 7) is 5.48. The topological polar surface area (TPSA) is 35.8 Å². The molecule has 12 heavy (non-hydrogen) atoms. The Balaban J connectivity index is 2.12. The zero-order chi connectivity index (χ0) is 9.03. The van der Waals surface area contributed by atoms with Gasteiger partial charge in [0.15, 0.2) is 0 Å². The van der Waals surface area contributed by atoms with Crippen LogP contribution in [0.5, 0.6) is 0 Å². The number of hydrogen-bond donors (Lipinski definition) is 1. The van der Waals surface area contributed by atoms with Crippen molar-refractivity contribution in [2.75, 3.05) is 6.54 Å². The highest BCUT2D eigenvalue weighted by Gasteiger charge is 2.31. The molecule has 1 N–H and O–H groups in total. The maximum absolute atomic E-state index is 8.45. The molecule has 0 aliphatic heterocycles. The highest BCUT2D eigenvalue weighted by atomic mass is 14.9. The quantitative estimate of drug-likeness (QED) is 0.694.